The summed E-state index contributed by atoms with van der Waals surface area (Å²) >= 11 is 3.62. The molecular weight excluding hydrogens is 302 g/mol. The molecule has 0 aliphatic carbocycles. The monoisotopic (exact) mass is 327 g/mol. The van der Waals surface area contributed by atoms with Crippen molar-refractivity contribution in [3.05, 3.63) is 28.2 Å². The van der Waals surface area contributed by atoms with Gasteiger partial charge in [0.05, 0.1) is 7.11 Å². The Morgan fingerprint density at radius 1 is 1.26 bits per heavy atom. The summed E-state index contributed by atoms with van der Waals surface area (Å²) in [5.41, 5.74) is 1.34. The van der Waals surface area contributed by atoms with Crippen molar-refractivity contribution in [3.63, 3.8) is 0 Å². The van der Waals surface area contributed by atoms with E-state index in [0.29, 0.717) is 6.04 Å². The molecule has 0 saturated heterocycles. The maximum atomic E-state index is 5.28. The SMILES string of the molecule is CCCC(CCCc1cc(OC)ccc1Br)NCC. The summed E-state index contributed by atoms with van der Waals surface area (Å²) in [6.45, 7) is 5.50. The van der Waals surface area contributed by atoms with Crippen LogP contribution in [0.1, 0.15) is 45.1 Å². The highest BCUT2D eigenvalue weighted by molar-refractivity contribution is 9.10. The zero-order valence-electron chi connectivity index (χ0n) is 12.3. The predicted molar refractivity (Wildman–Crippen MR) is 86.0 cm³/mol. The van der Waals surface area contributed by atoms with E-state index in [-0.39, 0.29) is 0 Å². The number of halogens is 1. The lowest BCUT2D eigenvalue weighted by Gasteiger charge is -2.17. The van der Waals surface area contributed by atoms with E-state index in [4.69, 9.17) is 4.74 Å². The van der Waals surface area contributed by atoms with E-state index >= 15 is 0 Å². The van der Waals surface area contributed by atoms with Crippen LogP contribution in [0.2, 0.25) is 0 Å². The van der Waals surface area contributed by atoms with Crippen molar-refractivity contribution in [1.29, 1.82) is 0 Å². The highest BCUT2D eigenvalue weighted by atomic mass is 79.9. The summed E-state index contributed by atoms with van der Waals surface area (Å²) in [7, 11) is 1.72. The van der Waals surface area contributed by atoms with Gasteiger partial charge in [-0.1, -0.05) is 36.2 Å². The molecule has 3 heteroatoms. The number of nitrogens with one attached hydrogen (secondary N) is 1. The number of hydrogen-bond donors (Lipinski definition) is 1. The summed E-state index contributed by atoms with van der Waals surface area (Å²) in [5.74, 6) is 0.940. The van der Waals surface area contributed by atoms with Crippen LogP contribution >= 0.6 is 15.9 Å². The van der Waals surface area contributed by atoms with Crippen molar-refractivity contribution in [2.24, 2.45) is 0 Å². The van der Waals surface area contributed by atoms with Gasteiger partial charge in [-0.2, -0.15) is 0 Å². The zero-order valence-corrected chi connectivity index (χ0v) is 13.9. The fourth-order valence-electron chi connectivity index (χ4n) is 2.39. The molecule has 0 aliphatic rings. The van der Waals surface area contributed by atoms with Crippen molar-refractivity contribution in [3.8, 4) is 5.75 Å². The predicted octanol–water partition coefficient (Wildman–Crippen LogP) is 4.56. The van der Waals surface area contributed by atoms with Crippen LogP contribution in [-0.4, -0.2) is 19.7 Å². The quantitative estimate of drug-likeness (QED) is 0.717. The fraction of sp³-hybridized carbons (Fsp3) is 0.625. The van der Waals surface area contributed by atoms with Gasteiger partial charge >= 0.3 is 0 Å². The molecule has 0 bridgehead atoms. The number of hydrogen-bond acceptors (Lipinski definition) is 2. The Kier molecular flexibility index (Phi) is 8.15. The van der Waals surface area contributed by atoms with Crippen molar-refractivity contribution < 1.29 is 4.74 Å². The molecule has 1 rings (SSSR count). The van der Waals surface area contributed by atoms with E-state index in [2.05, 4.69) is 47.2 Å². The average molecular weight is 328 g/mol. The molecule has 1 N–H and O–H groups in total. The van der Waals surface area contributed by atoms with E-state index < -0.39 is 0 Å². The van der Waals surface area contributed by atoms with Gasteiger partial charge in [-0.15, -0.1) is 0 Å². The Labute approximate surface area is 126 Å². The van der Waals surface area contributed by atoms with Crippen molar-refractivity contribution >= 4 is 15.9 Å². The van der Waals surface area contributed by atoms with Crippen LogP contribution in [0.3, 0.4) is 0 Å². The van der Waals surface area contributed by atoms with Gasteiger partial charge in [0.15, 0.2) is 0 Å². The largest absolute Gasteiger partial charge is 0.497 e. The molecule has 1 aromatic rings. The maximum Gasteiger partial charge on any atom is 0.119 e. The second-order valence-corrected chi connectivity index (χ2v) is 5.75. The minimum Gasteiger partial charge on any atom is -0.497 e. The van der Waals surface area contributed by atoms with E-state index in [9.17, 15) is 0 Å². The molecule has 0 spiro atoms. The van der Waals surface area contributed by atoms with Gasteiger partial charge in [0, 0.05) is 10.5 Å². The van der Waals surface area contributed by atoms with Crippen LogP contribution in [0.4, 0.5) is 0 Å². The van der Waals surface area contributed by atoms with Crippen LogP contribution in [0.25, 0.3) is 0 Å². The number of rotatable bonds is 9. The standard InChI is InChI=1S/C16H26BrNO/c1-4-7-14(18-5-2)9-6-8-13-12-15(19-3)10-11-16(13)17/h10-12,14,18H,4-9H2,1-3H3. The first-order chi connectivity index (χ1) is 9.21. The Bertz CT molecular complexity index is 362. The lowest BCUT2D eigenvalue weighted by atomic mass is 10.0. The van der Waals surface area contributed by atoms with E-state index in [0.717, 1.165) is 18.7 Å². The summed E-state index contributed by atoms with van der Waals surface area (Å²) in [6, 6.07) is 6.86. The summed E-state index contributed by atoms with van der Waals surface area (Å²) < 4.78 is 6.47. The minimum absolute atomic E-state index is 0.666. The van der Waals surface area contributed by atoms with Crippen LogP contribution in [0.15, 0.2) is 22.7 Å². The molecule has 0 aliphatic heterocycles. The average Bonchev–Trinajstić information content (AvgIpc) is 2.41. The lowest BCUT2D eigenvalue weighted by Crippen LogP contribution is -2.28. The molecule has 1 aromatic carbocycles. The molecule has 0 fully saturated rings. The summed E-state index contributed by atoms with van der Waals surface area (Å²) in [5, 5.41) is 3.57. The number of aryl methyl sites for hydroxylation is 1. The molecule has 108 valence electrons. The third-order valence-corrected chi connectivity index (χ3v) is 4.16. The van der Waals surface area contributed by atoms with E-state index in [1.54, 1.807) is 7.11 Å². The first-order valence-electron chi connectivity index (χ1n) is 7.27. The molecule has 0 radical (unpaired) electrons. The Morgan fingerprint density at radius 2 is 2.05 bits per heavy atom. The molecule has 0 saturated carbocycles. The van der Waals surface area contributed by atoms with Crippen LogP contribution < -0.4 is 10.1 Å². The second kappa shape index (κ2) is 9.38. The molecule has 0 heterocycles. The van der Waals surface area contributed by atoms with Gasteiger partial charge in [0.2, 0.25) is 0 Å². The highest BCUT2D eigenvalue weighted by Gasteiger charge is 2.07. The number of methoxy groups -OCH3 is 1. The topological polar surface area (TPSA) is 21.3 Å². The van der Waals surface area contributed by atoms with E-state index in [1.165, 1.54) is 35.7 Å². The Balaban J connectivity index is 2.47. The van der Waals surface area contributed by atoms with Crippen LogP contribution in [0.5, 0.6) is 5.75 Å². The van der Waals surface area contributed by atoms with Gasteiger partial charge in [0.25, 0.3) is 0 Å². The molecule has 1 atom stereocenters. The third kappa shape index (κ3) is 5.96. The van der Waals surface area contributed by atoms with E-state index in [1.807, 2.05) is 6.07 Å². The zero-order chi connectivity index (χ0) is 14.1. The molecule has 19 heavy (non-hydrogen) atoms. The molecule has 0 amide bonds. The number of benzene rings is 1. The van der Waals surface area contributed by atoms with Crippen molar-refractivity contribution in [2.45, 2.75) is 52.0 Å². The number of ether oxygens (including phenoxy) is 1. The Morgan fingerprint density at radius 3 is 2.68 bits per heavy atom. The normalized spacial score (nSPS) is 12.4. The van der Waals surface area contributed by atoms with Gasteiger partial charge in [-0.05, 0) is 56.0 Å². The van der Waals surface area contributed by atoms with Gasteiger partial charge in [0.1, 0.15) is 5.75 Å². The second-order valence-electron chi connectivity index (χ2n) is 4.89. The lowest BCUT2D eigenvalue weighted by molar-refractivity contribution is 0.413. The smallest absolute Gasteiger partial charge is 0.119 e. The van der Waals surface area contributed by atoms with Crippen LogP contribution in [-0.2, 0) is 6.42 Å². The molecule has 1 unspecified atom stereocenters. The molecule has 0 aromatic heterocycles. The van der Waals surface area contributed by atoms with Crippen LogP contribution in [0, 0.1) is 0 Å². The first kappa shape index (κ1) is 16.5. The van der Waals surface area contributed by atoms with Gasteiger partial charge < -0.3 is 10.1 Å². The third-order valence-electron chi connectivity index (χ3n) is 3.38. The van der Waals surface area contributed by atoms with Crippen molar-refractivity contribution in [2.75, 3.05) is 13.7 Å². The summed E-state index contributed by atoms with van der Waals surface area (Å²) in [6.07, 6.45) is 6.08. The highest BCUT2D eigenvalue weighted by Crippen LogP contribution is 2.24. The molecule has 2 nitrogen and oxygen atoms in total. The Hall–Kier alpha value is -0.540. The maximum absolute atomic E-state index is 5.28. The fourth-order valence-corrected chi connectivity index (χ4v) is 2.84. The van der Waals surface area contributed by atoms with Gasteiger partial charge in [-0.25, -0.2) is 0 Å². The first-order valence-corrected chi connectivity index (χ1v) is 8.06. The summed E-state index contributed by atoms with van der Waals surface area (Å²) in [4.78, 5) is 0. The van der Waals surface area contributed by atoms with Crippen molar-refractivity contribution in [1.82, 2.24) is 5.32 Å². The molecular formula is C16H26BrNO. The minimum atomic E-state index is 0.666. The van der Waals surface area contributed by atoms with Gasteiger partial charge in [-0.3, -0.25) is 0 Å².